The van der Waals surface area contributed by atoms with Crippen LogP contribution in [0.15, 0.2) is 59.9 Å². The zero-order chi connectivity index (χ0) is 19.6. The maximum Gasteiger partial charge on any atom is 0.240 e. The molecular formula is C21H22ClN3O2S. The minimum Gasteiger partial charge on any atom is -0.348 e. The van der Waals surface area contributed by atoms with Gasteiger partial charge in [-0.15, -0.1) is 0 Å². The van der Waals surface area contributed by atoms with Crippen molar-refractivity contribution >= 4 is 21.6 Å². The minimum atomic E-state index is -3.55. The molecule has 1 aliphatic rings. The quantitative estimate of drug-likeness (QED) is 0.644. The van der Waals surface area contributed by atoms with Gasteiger partial charge in [0.1, 0.15) is 0 Å². The van der Waals surface area contributed by atoms with E-state index in [1.807, 2.05) is 6.20 Å². The number of sulfonamides is 1. The summed E-state index contributed by atoms with van der Waals surface area (Å²) in [5.74, 6) is 0. The lowest BCUT2D eigenvalue weighted by atomic mass is 9.84. The molecule has 0 spiro atoms. The van der Waals surface area contributed by atoms with E-state index in [-0.39, 0.29) is 10.9 Å². The molecule has 2 aromatic carbocycles. The first-order valence-electron chi connectivity index (χ1n) is 9.36. The molecule has 0 aliphatic heterocycles. The third-order valence-electron chi connectivity index (χ3n) is 5.24. The molecule has 1 atom stereocenters. The van der Waals surface area contributed by atoms with E-state index >= 15 is 0 Å². The normalized spacial score (nSPS) is 16.7. The van der Waals surface area contributed by atoms with Gasteiger partial charge in [0.15, 0.2) is 0 Å². The summed E-state index contributed by atoms with van der Waals surface area (Å²) in [5.41, 5.74) is 5.06. The first-order chi connectivity index (χ1) is 13.5. The molecule has 2 N–H and O–H groups in total. The molecule has 0 saturated heterocycles. The predicted molar refractivity (Wildman–Crippen MR) is 110 cm³/mol. The number of nitrogens with one attached hydrogen (secondary N) is 2. The summed E-state index contributed by atoms with van der Waals surface area (Å²) < 4.78 is 28.2. The monoisotopic (exact) mass is 415 g/mol. The Bertz CT molecular complexity index is 1050. The van der Waals surface area contributed by atoms with Gasteiger partial charge in [-0.05, 0) is 73.1 Å². The van der Waals surface area contributed by atoms with Gasteiger partial charge in [0.25, 0.3) is 0 Å². The van der Waals surface area contributed by atoms with Crippen LogP contribution in [0.3, 0.4) is 0 Å². The lowest BCUT2D eigenvalue weighted by Crippen LogP contribution is -2.39. The highest BCUT2D eigenvalue weighted by Crippen LogP contribution is 2.27. The summed E-state index contributed by atoms with van der Waals surface area (Å²) in [5, 5.41) is 0.521. The molecule has 146 valence electrons. The van der Waals surface area contributed by atoms with E-state index in [0.29, 0.717) is 11.4 Å². The predicted octanol–water partition coefficient (Wildman–Crippen LogP) is 3.68. The highest BCUT2D eigenvalue weighted by atomic mass is 35.5. The van der Waals surface area contributed by atoms with E-state index in [1.54, 1.807) is 18.5 Å². The average Bonchev–Trinajstić information content (AvgIpc) is 3.20. The van der Waals surface area contributed by atoms with Crippen molar-refractivity contribution in [3.8, 4) is 0 Å². The van der Waals surface area contributed by atoms with E-state index in [4.69, 9.17) is 11.6 Å². The number of benzene rings is 2. The molecule has 0 amide bonds. The molecule has 3 aromatic rings. The first kappa shape index (κ1) is 19.2. The van der Waals surface area contributed by atoms with Crippen LogP contribution in [-0.2, 0) is 35.7 Å². The molecule has 0 saturated carbocycles. The summed E-state index contributed by atoms with van der Waals surface area (Å²) in [7, 11) is -3.55. The highest BCUT2D eigenvalue weighted by molar-refractivity contribution is 7.89. The van der Waals surface area contributed by atoms with Crippen LogP contribution < -0.4 is 4.72 Å². The number of H-pyrrole nitrogens is 1. The van der Waals surface area contributed by atoms with E-state index in [0.717, 1.165) is 31.4 Å². The lowest BCUT2D eigenvalue weighted by Gasteiger charge is -2.27. The van der Waals surface area contributed by atoms with Crippen LogP contribution in [0.4, 0.5) is 0 Å². The summed E-state index contributed by atoms with van der Waals surface area (Å²) in [6.07, 6.45) is 7.81. The van der Waals surface area contributed by atoms with Crippen molar-refractivity contribution in [2.24, 2.45) is 0 Å². The largest absolute Gasteiger partial charge is 0.348 e. The molecule has 0 radical (unpaired) electrons. The fourth-order valence-corrected chi connectivity index (χ4v) is 5.21. The van der Waals surface area contributed by atoms with E-state index in [2.05, 4.69) is 32.9 Å². The van der Waals surface area contributed by atoms with E-state index in [1.165, 1.54) is 28.8 Å². The average molecular weight is 416 g/mol. The van der Waals surface area contributed by atoms with Gasteiger partial charge < -0.3 is 4.98 Å². The molecular weight excluding hydrogens is 394 g/mol. The number of hydrogen-bond donors (Lipinski definition) is 2. The third kappa shape index (κ3) is 4.29. The van der Waals surface area contributed by atoms with Crippen molar-refractivity contribution in [1.82, 2.24) is 14.7 Å². The Hall–Kier alpha value is -2.15. The minimum absolute atomic E-state index is 0.101. The molecule has 7 heteroatoms. The second kappa shape index (κ2) is 8.07. The van der Waals surface area contributed by atoms with Crippen LogP contribution >= 0.6 is 11.6 Å². The van der Waals surface area contributed by atoms with Gasteiger partial charge in [-0.3, -0.25) is 0 Å². The fourth-order valence-electron chi connectivity index (χ4n) is 3.81. The van der Waals surface area contributed by atoms with Gasteiger partial charge in [-0.1, -0.05) is 29.8 Å². The first-order valence-corrected chi connectivity index (χ1v) is 11.2. The van der Waals surface area contributed by atoms with Crippen LogP contribution in [0.2, 0.25) is 5.02 Å². The molecule has 1 heterocycles. The van der Waals surface area contributed by atoms with Crippen molar-refractivity contribution in [3.63, 3.8) is 0 Å². The number of hydrogen-bond acceptors (Lipinski definition) is 3. The van der Waals surface area contributed by atoms with Crippen molar-refractivity contribution in [3.05, 3.63) is 82.4 Å². The number of imidazole rings is 1. The second-order valence-electron chi connectivity index (χ2n) is 7.15. The molecule has 0 fully saturated rings. The Morgan fingerprint density at radius 2 is 1.96 bits per heavy atom. The van der Waals surface area contributed by atoms with Crippen molar-refractivity contribution in [2.75, 3.05) is 0 Å². The Labute approximate surface area is 170 Å². The van der Waals surface area contributed by atoms with Gasteiger partial charge >= 0.3 is 0 Å². The topological polar surface area (TPSA) is 74.8 Å². The SMILES string of the molecule is O=S(=O)(NC1CCc2c(CCc3cnc[nH]3)cccc2C1)c1ccc(Cl)cc1. The van der Waals surface area contributed by atoms with Crippen LogP contribution in [0.5, 0.6) is 0 Å². The Morgan fingerprint density at radius 1 is 1.14 bits per heavy atom. The van der Waals surface area contributed by atoms with E-state index < -0.39 is 10.0 Å². The van der Waals surface area contributed by atoms with Gasteiger partial charge in [0.05, 0.1) is 11.2 Å². The highest BCUT2D eigenvalue weighted by Gasteiger charge is 2.25. The molecule has 4 rings (SSSR count). The van der Waals surface area contributed by atoms with Crippen molar-refractivity contribution in [1.29, 1.82) is 0 Å². The number of nitrogens with zero attached hydrogens (tertiary/aromatic N) is 1. The van der Waals surface area contributed by atoms with Crippen molar-refractivity contribution in [2.45, 2.75) is 43.0 Å². The number of aromatic amines is 1. The summed E-state index contributed by atoms with van der Waals surface area (Å²) in [4.78, 5) is 7.46. The fraction of sp³-hybridized carbons (Fsp3) is 0.286. The standard InChI is InChI=1S/C21H22ClN3O2S/c22-17-5-9-20(10-6-17)28(26,27)25-18-8-11-21-15(2-1-3-16(21)12-18)4-7-19-13-23-14-24-19/h1-3,5-6,9-10,13-14,18,25H,4,7-8,11-12H2,(H,23,24). The molecule has 1 aliphatic carbocycles. The summed E-state index contributed by atoms with van der Waals surface area (Å²) in [6.45, 7) is 0. The molecule has 5 nitrogen and oxygen atoms in total. The lowest BCUT2D eigenvalue weighted by molar-refractivity contribution is 0.506. The number of aryl methyl sites for hydroxylation is 2. The zero-order valence-corrected chi connectivity index (χ0v) is 16.9. The Balaban J connectivity index is 1.46. The number of halogens is 1. The van der Waals surface area contributed by atoms with Crippen LogP contribution in [-0.4, -0.2) is 24.4 Å². The number of aromatic nitrogens is 2. The third-order valence-corrected chi connectivity index (χ3v) is 7.03. The molecule has 0 bridgehead atoms. The van der Waals surface area contributed by atoms with Crippen LogP contribution in [0.1, 0.15) is 28.8 Å². The maximum absolute atomic E-state index is 12.7. The van der Waals surface area contributed by atoms with Gasteiger partial charge in [-0.25, -0.2) is 18.1 Å². The summed E-state index contributed by atoms with van der Waals surface area (Å²) in [6, 6.07) is 12.5. The Morgan fingerprint density at radius 3 is 2.71 bits per heavy atom. The summed E-state index contributed by atoms with van der Waals surface area (Å²) >= 11 is 5.86. The molecule has 1 unspecified atom stereocenters. The molecule has 28 heavy (non-hydrogen) atoms. The maximum atomic E-state index is 12.7. The smallest absolute Gasteiger partial charge is 0.240 e. The molecule has 1 aromatic heterocycles. The number of fused-ring (bicyclic) bond motifs is 1. The van der Waals surface area contributed by atoms with Crippen LogP contribution in [0, 0.1) is 0 Å². The van der Waals surface area contributed by atoms with E-state index in [9.17, 15) is 8.42 Å². The zero-order valence-electron chi connectivity index (χ0n) is 15.4. The van der Waals surface area contributed by atoms with Gasteiger partial charge in [0.2, 0.25) is 10.0 Å². The Kier molecular flexibility index (Phi) is 5.53. The van der Waals surface area contributed by atoms with Gasteiger partial charge in [-0.2, -0.15) is 0 Å². The second-order valence-corrected chi connectivity index (χ2v) is 9.30. The van der Waals surface area contributed by atoms with Crippen molar-refractivity contribution < 1.29 is 8.42 Å². The van der Waals surface area contributed by atoms with Crippen LogP contribution in [0.25, 0.3) is 0 Å². The van der Waals surface area contributed by atoms with Gasteiger partial charge in [0, 0.05) is 23.0 Å². The number of rotatable bonds is 6.